The highest BCUT2D eigenvalue weighted by Crippen LogP contribution is 2.65. The number of hydrogen-bond acceptors (Lipinski definition) is 3. The van der Waals surface area contributed by atoms with Gasteiger partial charge in [-0.1, -0.05) is 30.4 Å². The number of nitrogens with one attached hydrogen (secondary N) is 1. The van der Waals surface area contributed by atoms with Gasteiger partial charge in [0.25, 0.3) is 0 Å². The number of nitrogens with zero attached hydrogens (tertiary/aromatic N) is 1. The molecule has 6 atom stereocenters. The van der Waals surface area contributed by atoms with Gasteiger partial charge in [-0.3, -0.25) is 14.5 Å². The van der Waals surface area contributed by atoms with Crippen LogP contribution in [-0.2, 0) is 9.59 Å². The lowest BCUT2D eigenvalue weighted by atomic mass is 9.63. The van der Waals surface area contributed by atoms with E-state index in [2.05, 4.69) is 17.5 Å². The van der Waals surface area contributed by atoms with E-state index in [9.17, 15) is 9.59 Å². The quantitative estimate of drug-likeness (QED) is 0.686. The van der Waals surface area contributed by atoms with Crippen molar-refractivity contribution in [1.82, 2.24) is 4.90 Å². The number of amides is 2. The highest BCUT2D eigenvalue weighted by atomic mass is 16.2. The molecule has 0 radical (unpaired) electrons. The molecule has 1 N–H and O–H groups in total. The van der Waals surface area contributed by atoms with Crippen molar-refractivity contribution in [2.24, 2.45) is 35.5 Å². The van der Waals surface area contributed by atoms with Gasteiger partial charge >= 0.3 is 0 Å². The number of likely N-dealkylation sites (tertiary alicyclic amines) is 1. The molecule has 2 amide bonds. The predicted octanol–water partition coefficient (Wildman–Crippen LogP) is 2.11. The highest BCUT2D eigenvalue weighted by molar-refractivity contribution is 6.06. The molecule has 1 heterocycles. The monoisotopic (exact) mass is 294 g/mol. The second-order valence-corrected chi connectivity index (χ2v) is 6.96. The fraction of sp³-hybridized carbons (Fsp3) is 0.444. The first-order valence-electron chi connectivity index (χ1n) is 8.08. The maximum absolute atomic E-state index is 12.8. The number of hydrogen-bond donors (Lipinski definition) is 1. The van der Waals surface area contributed by atoms with Gasteiger partial charge in [0, 0.05) is 5.69 Å². The molecule has 1 aliphatic heterocycles. The zero-order valence-corrected chi connectivity index (χ0v) is 12.2. The SMILES string of the molecule is O=C1C2C3C=CC(C4CC34)C2C(=O)N1CNc1ccccc1. The Kier molecular flexibility index (Phi) is 2.38. The van der Waals surface area contributed by atoms with E-state index in [0.29, 0.717) is 23.7 Å². The zero-order chi connectivity index (χ0) is 14.8. The molecule has 2 saturated carbocycles. The van der Waals surface area contributed by atoms with Gasteiger partial charge in [0.15, 0.2) is 0 Å². The van der Waals surface area contributed by atoms with Crippen molar-refractivity contribution in [3.8, 4) is 0 Å². The normalized spacial score (nSPS) is 40.6. The van der Waals surface area contributed by atoms with Crippen LogP contribution < -0.4 is 5.32 Å². The molecular formula is C18H18N2O2. The minimum absolute atomic E-state index is 0.0307. The third kappa shape index (κ3) is 1.52. The van der Waals surface area contributed by atoms with Crippen LogP contribution >= 0.6 is 0 Å². The summed E-state index contributed by atoms with van der Waals surface area (Å²) in [5, 5.41) is 3.19. The van der Waals surface area contributed by atoms with E-state index in [-0.39, 0.29) is 30.3 Å². The third-order valence-corrected chi connectivity index (χ3v) is 5.97. The number of anilines is 1. The number of carbonyl (C=O) groups is 2. The first kappa shape index (κ1) is 12.4. The van der Waals surface area contributed by atoms with Gasteiger partial charge in [-0.15, -0.1) is 0 Å². The van der Waals surface area contributed by atoms with E-state index in [1.807, 2.05) is 30.3 Å². The van der Waals surface area contributed by atoms with Crippen LogP contribution in [0.15, 0.2) is 42.5 Å². The van der Waals surface area contributed by atoms with Crippen LogP contribution in [-0.4, -0.2) is 23.4 Å². The summed E-state index contributed by atoms with van der Waals surface area (Å²) in [6.45, 7) is 0.281. The van der Waals surface area contributed by atoms with Crippen molar-refractivity contribution in [3.63, 3.8) is 0 Å². The molecule has 4 nitrogen and oxygen atoms in total. The number of carbonyl (C=O) groups excluding carboxylic acids is 2. The Morgan fingerprint density at radius 1 is 0.955 bits per heavy atom. The van der Waals surface area contributed by atoms with E-state index >= 15 is 0 Å². The average Bonchev–Trinajstić information content (AvgIpc) is 3.33. The topological polar surface area (TPSA) is 49.4 Å². The lowest BCUT2D eigenvalue weighted by Crippen LogP contribution is -2.40. The molecule has 0 spiro atoms. The first-order chi connectivity index (χ1) is 10.8. The van der Waals surface area contributed by atoms with Crippen LogP contribution in [0.5, 0.6) is 0 Å². The van der Waals surface area contributed by atoms with Gasteiger partial charge in [-0.05, 0) is 42.2 Å². The van der Waals surface area contributed by atoms with Crippen molar-refractivity contribution in [2.45, 2.75) is 6.42 Å². The van der Waals surface area contributed by atoms with Crippen LogP contribution in [0.2, 0.25) is 0 Å². The van der Waals surface area contributed by atoms with Crippen molar-refractivity contribution in [3.05, 3.63) is 42.5 Å². The average molecular weight is 294 g/mol. The van der Waals surface area contributed by atoms with Gasteiger partial charge in [-0.2, -0.15) is 0 Å². The maximum Gasteiger partial charge on any atom is 0.235 e. The molecule has 112 valence electrons. The smallest absolute Gasteiger partial charge is 0.235 e. The minimum atomic E-state index is -0.0937. The van der Waals surface area contributed by atoms with Crippen LogP contribution in [0.4, 0.5) is 5.69 Å². The molecule has 1 aromatic rings. The zero-order valence-electron chi connectivity index (χ0n) is 12.2. The predicted molar refractivity (Wildman–Crippen MR) is 81.5 cm³/mol. The summed E-state index contributed by atoms with van der Waals surface area (Å²) in [6.07, 6.45) is 5.62. The maximum atomic E-state index is 12.8. The van der Waals surface area contributed by atoms with Crippen LogP contribution in [0.3, 0.4) is 0 Å². The largest absolute Gasteiger partial charge is 0.367 e. The Morgan fingerprint density at radius 3 is 2.14 bits per heavy atom. The van der Waals surface area contributed by atoms with E-state index in [1.54, 1.807) is 0 Å². The molecule has 1 aromatic carbocycles. The number of allylic oxidation sites excluding steroid dienone is 2. The Bertz CT molecular complexity index is 648. The van der Waals surface area contributed by atoms with E-state index in [1.165, 1.54) is 11.3 Å². The second kappa shape index (κ2) is 4.22. The molecule has 2 bridgehead atoms. The molecule has 4 heteroatoms. The van der Waals surface area contributed by atoms with E-state index in [0.717, 1.165) is 5.69 Å². The van der Waals surface area contributed by atoms with Gasteiger partial charge in [0.1, 0.15) is 0 Å². The van der Waals surface area contributed by atoms with Crippen molar-refractivity contribution in [1.29, 1.82) is 0 Å². The summed E-state index contributed by atoms with van der Waals surface area (Å²) < 4.78 is 0. The summed E-state index contributed by atoms with van der Waals surface area (Å²) in [6, 6.07) is 9.71. The Hall–Kier alpha value is -2.10. The standard InChI is InChI=1S/C18H18N2O2/c21-17-15-11-6-7-12(14-8-13(11)14)16(15)18(22)20(17)9-19-10-4-2-1-3-5-10/h1-7,11-16,19H,8-9H2. The van der Waals surface area contributed by atoms with Crippen molar-refractivity contribution in [2.75, 3.05) is 12.0 Å². The number of benzene rings is 1. The van der Waals surface area contributed by atoms with E-state index < -0.39 is 0 Å². The van der Waals surface area contributed by atoms with Gasteiger partial charge in [0.2, 0.25) is 11.8 Å². The van der Waals surface area contributed by atoms with Crippen LogP contribution in [0.25, 0.3) is 0 Å². The summed E-state index contributed by atoms with van der Waals surface area (Å²) >= 11 is 0. The summed E-state index contributed by atoms with van der Waals surface area (Å²) in [7, 11) is 0. The Labute approximate surface area is 129 Å². The molecule has 6 unspecified atom stereocenters. The molecule has 3 fully saturated rings. The summed E-state index contributed by atoms with van der Waals surface area (Å²) in [5.41, 5.74) is 0.932. The third-order valence-electron chi connectivity index (χ3n) is 5.97. The molecule has 6 rings (SSSR count). The fourth-order valence-corrected chi connectivity index (χ4v) is 4.90. The van der Waals surface area contributed by atoms with Gasteiger partial charge < -0.3 is 5.32 Å². The Balaban J connectivity index is 1.38. The highest BCUT2D eigenvalue weighted by Gasteiger charge is 2.66. The number of rotatable bonds is 3. The van der Waals surface area contributed by atoms with Crippen molar-refractivity contribution < 1.29 is 9.59 Å². The molecular weight excluding hydrogens is 276 g/mol. The number of para-hydroxylation sites is 1. The molecule has 0 aromatic heterocycles. The fourth-order valence-electron chi connectivity index (χ4n) is 4.90. The van der Waals surface area contributed by atoms with Gasteiger partial charge in [0.05, 0.1) is 18.5 Å². The Morgan fingerprint density at radius 2 is 1.55 bits per heavy atom. The lowest BCUT2D eigenvalue weighted by molar-refractivity contribution is -0.139. The van der Waals surface area contributed by atoms with Gasteiger partial charge in [-0.25, -0.2) is 0 Å². The summed E-state index contributed by atoms with van der Waals surface area (Å²) in [5.74, 6) is 1.81. The molecule has 22 heavy (non-hydrogen) atoms. The van der Waals surface area contributed by atoms with Crippen LogP contribution in [0.1, 0.15) is 6.42 Å². The molecule has 1 saturated heterocycles. The number of imide groups is 1. The molecule has 4 aliphatic carbocycles. The lowest BCUT2D eigenvalue weighted by Gasteiger charge is -2.37. The second-order valence-electron chi connectivity index (χ2n) is 6.96. The van der Waals surface area contributed by atoms with E-state index in [4.69, 9.17) is 0 Å². The molecule has 5 aliphatic rings. The van der Waals surface area contributed by atoms with Crippen molar-refractivity contribution >= 4 is 17.5 Å². The minimum Gasteiger partial charge on any atom is -0.367 e. The first-order valence-corrected chi connectivity index (χ1v) is 8.08. The summed E-state index contributed by atoms with van der Waals surface area (Å²) in [4.78, 5) is 27.0. The van der Waals surface area contributed by atoms with Crippen LogP contribution in [0, 0.1) is 35.5 Å².